The quantitative estimate of drug-likeness (QED) is 0.858. The fourth-order valence-electron chi connectivity index (χ4n) is 2.05. The van der Waals surface area contributed by atoms with Gasteiger partial charge in [-0.2, -0.15) is 0 Å². The van der Waals surface area contributed by atoms with Crippen LogP contribution in [0.4, 0.5) is 0 Å². The van der Waals surface area contributed by atoms with E-state index < -0.39 is 0 Å². The fraction of sp³-hybridized carbons (Fsp3) is 0.500. The van der Waals surface area contributed by atoms with Gasteiger partial charge in [-0.25, -0.2) is 0 Å². The highest BCUT2D eigenvalue weighted by Crippen LogP contribution is 2.23. The Labute approximate surface area is 113 Å². The molecule has 0 aliphatic heterocycles. The molecule has 0 heterocycles. The van der Waals surface area contributed by atoms with Crippen molar-refractivity contribution in [1.29, 1.82) is 0 Å². The number of hydrogen-bond acceptors (Lipinski definition) is 2. The molecule has 1 rings (SSSR count). The van der Waals surface area contributed by atoms with Crippen LogP contribution in [0, 0.1) is 5.92 Å². The van der Waals surface area contributed by atoms with E-state index >= 15 is 0 Å². The van der Waals surface area contributed by atoms with E-state index in [-0.39, 0.29) is 22.7 Å². The minimum atomic E-state index is -0.156. The van der Waals surface area contributed by atoms with Gasteiger partial charge in [-0.1, -0.05) is 38.3 Å². The van der Waals surface area contributed by atoms with E-state index in [1.807, 2.05) is 6.92 Å². The monoisotopic (exact) mass is 269 g/mol. The summed E-state index contributed by atoms with van der Waals surface area (Å²) in [6.45, 7) is 6.25. The Balaban J connectivity index is 2.73. The second-order valence-electron chi connectivity index (χ2n) is 4.50. The number of carbonyl (C=O) groups excluding carboxylic acids is 1. The number of rotatable bonds is 5. The molecule has 3 nitrogen and oxygen atoms in total. The fourth-order valence-corrected chi connectivity index (χ4v) is 2.23. The van der Waals surface area contributed by atoms with E-state index in [0.29, 0.717) is 11.5 Å². The number of phenols is 1. The highest BCUT2D eigenvalue weighted by molar-refractivity contribution is 6.32. The third-order valence-electron chi connectivity index (χ3n) is 3.32. The molecular formula is C14H20ClNO2. The standard InChI is InChI=1S/C14H20ClNO2/c1-4-10(5-2)9(3)16-14(18)11-6-7-13(17)12(15)8-11/h6-10,17H,4-5H2,1-3H3,(H,16,18). The molecule has 4 heteroatoms. The summed E-state index contributed by atoms with van der Waals surface area (Å²) in [4.78, 5) is 12.0. The predicted octanol–water partition coefficient (Wildman–Crippen LogP) is 3.60. The smallest absolute Gasteiger partial charge is 0.251 e. The number of phenolic OH excluding ortho intramolecular Hbond substituents is 1. The number of benzene rings is 1. The zero-order chi connectivity index (χ0) is 13.7. The van der Waals surface area contributed by atoms with Gasteiger partial charge in [0.2, 0.25) is 0 Å². The Kier molecular flexibility index (Phi) is 5.48. The summed E-state index contributed by atoms with van der Waals surface area (Å²) in [5, 5.41) is 12.5. The van der Waals surface area contributed by atoms with Crippen LogP contribution in [0.5, 0.6) is 5.75 Å². The van der Waals surface area contributed by atoms with Crippen molar-refractivity contribution in [3.05, 3.63) is 28.8 Å². The van der Waals surface area contributed by atoms with E-state index in [2.05, 4.69) is 19.2 Å². The van der Waals surface area contributed by atoms with Crippen LogP contribution in [0.25, 0.3) is 0 Å². The van der Waals surface area contributed by atoms with Crippen LogP contribution in [-0.2, 0) is 0 Å². The summed E-state index contributed by atoms with van der Waals surface area (Å²) in [7, 11) is 0. The van der Waals surface area contributed by atoms with Gasteiger partial charge in [0.1, 0.15) is 5.75 Å². The van der Waals surface area contributed by atoms with Crippen LogP contribution in [0.15, 0.2) is 18.2 Å². The Morgan fingerprint density at radius 1 is 1.39 bits per heavy atom. The van der Waals surface area contributed by atoms with Crippen molar-refractivity contribution in [2.75, 3.05) is 0 Å². The second kappa shape index (κ2) is 6.64. The third kappa shape index (κ3) is 3.64. The largest absolute Gasteiger partial charge is 0.506 e. The summed E-state index contributed by atoms with van der Waals surface area (Å²) < 4.78 is 0. The summed E-state index contributed by atoms with van der Waals surface area (Å²) in [6, 6.07) is 4.60. The van der Waals surface area contributed by atoms with Gasteiger partial charge in [0.05, 0.1) is 5.02 Å². The summed E-state index contributed by atoms with van der Waals surface area (Å²) in [5.41, 5.74) is 0.468. The molecule has 0 radical (unpaired) electrons. The highest BCUT2D eigenvalue weighted by atomic mass is 35.5. The number of hydrogen-bond donors (Lipinski definition) is 2. The molecule has 2 N–H and O–H groups in total. The lowest BCUT2D eigenvalue weighted by Gasteiger charge is -2.22. The average molecular weight is 270 g/mol. The van der Waals surface area contributed by atoms with Crippen molar-refractivity contribution in [3.63, 3.8) is 0 Å². The first-order valence-corrected chi connectivity index (χ1v) is 6.66. The first-order chi connectivity index (χ1) is 8.49. The number of amides is 1. The first-order valence-electron chi connectivity index (χ1n) is 6.28. The molecule has 0 aliphatic rings. The maximum atomic E-state index is 12.0. The van der Waals surface area contributed by atoms with Gasteiger partial charge in [-0.15, -0.1) is 0 Å². The van der Waals surface area contributed by atoms with Crippen molar-refractivity contribution in [2.24, 2.45) is 5.92 Å². The van der Waals surface area contributed by atoms with E-state index in [1.54, 1.807) is 6.07 Å². The van der Waals surface area contributed by atoms with Gasteiger partial charge in [-0.3, -0.25) is 4.79 Å². The van der Waals surface area contributed by atoms with E-state index in [1.165, 1.54) is 12.1 Å². The molecule has 100 valence electrons. The molecule has 1 aromatic carbocycles. The van der Waals surface area contributed by atoms with Crippen LogP contribution in [0.1, 0.15) is 44.0 Å². The number of aromatic hydroxyl groups is 1. The number of carbonyl (C=O) groups is 1. The van der Waals surface area contributed by atoms with Crippen molar-refractivity contribution in [1.82, 2.24) is 5.32 Å². The van der Waals surface area contributed by atoms with Crippen LogP contribution in [0.3, 0.4) is 0 Å². The molecule has 1 amide bonds. The van der Waals surface area contributed by atoms with Crippen molar-refractivity contribution >= 4 is 17.5 Å². The molecule has 1 aromatic rings. The molecule has 0 fully saturated rings. The van der Waals surface area contributed by atoms with Crippen LogP contribution in [-0.4, -0.2) is 17.1 Å². The van der Waals surface area contributed by atoms with Gasteiger partial charge in [0, 0.05) is 11.6 Å². The molecular weight excluding hydrogens is 250 g/mol. The van der Waals surface area contributed by atoms with Crippen molar-refractivity contribution in [3.8, 4) is 5.75 Å². The lowest BCUT2D eigenvalue weighted by Crippen LogP contribution is -2.37. The molecule has 0 spiro atoms. The van der Waals surface area contributed by atoms with Crippen molar-refractivity contribution in [2.45, 2.75) is 39.7 Å². The lowest BCUT2D eigenvalue weighted by molar-refractivity contribution is 0.0925. The molecule has 0 aliphatic carbocycles. The summed E-state index contributed by atoms with van der Waals surface area (Å²) in [6.07, 6.45) is 2.07. The normalized spacial score (nSPS) is 12.5. The Bertz CT molecular complexity index is 416. The summed E-state index contributed by atoms with van der Waals surface area (Å²) in [5.74, 6) is 0.305. The average Bonchev–Trinajstić information content (AvgIpc) is 2.34. The minimum absolute atomic E-state index is 0.0127. The number of nitrogens with one attached hydrogen (secondary N) is 1. The predicted molar refractivity (Wildman–Crippen MR) is 74.1 cm³/mol. The Morgan fingerprint density at radius 3 is 2.50 bits per heavy atom. The van der Waals surface area contributed by atoms with Gasteiger partial charge < -0.3 is 10.4 Å². The van der Waals surface area contributed by atoms with Gasteiger partial charge in [-0.05, 0) is 31.0 Å². The topological polar surface area (TPSA) is 49.3 Å². The minimum Gasteiger partial charge on any atom is -0.506 e. The molecule has 0 saturated heterocycles. The van der Waals surface area contributed by atoms with Gasteiger partial charge in [0.25, 0.3) is 5.91 Å². The van der Waals surface area contributed by atoms with E-state index in [9.17, 15) is 9.90 Å². The Hall–Kier alpha value is -1.22. The van der Waals surface area contributed by atoms with Crippen molar-refractivity contribution < 1.29 is 9.90 Å². The maximum absolute atomic E-state index is 12.0. The maximum Gasteiger partial charge on any atom is 0.251 e. The zero-order valence-electron chi connectivity index (χ0n) is 11.0. The molecule has 1 unspecified atom stereocenters. The van der Waals surface area contributed by atoms with E-state index in [0.717, 1.165) is 12.8 Å². The molecule has 0 bridgehead atoms. The Morgan fingerprint density at radius 2 is 2.00 bits per heavy atom. The molecule has 0 saturated carbocycles. The van der Waals surface area contributed by atoms with Crippen LogP contribution < -0.4 is 5.32 Å². The second-order valence-corrected chi connectivity index (χ2v) is 4.91. The van der Waals surface area contributed by atoms with Gasteiger partial charge in [0.15, 0.2) is 0 Å². The number of halogens is 1. The zero-order valence-corrected chi connectivity index (χ0v) is 11.8. The van der Waals surface area contributed by atoms with Crippen LogP contribution >= 0.6 is 11.6 Å². The SMILES string of the molecule is CCC(CC)C(C)NC(=O)c1ccc(O)c(Cl)c1. The van der Waals surface area contributed by atoms with E-state index in [4.69, 9.17) is 11.6 Å². The molecule has 0 aromatic heterocycles. The molecule has 1 atom stereocenters. The summed E-state index contributed by atoms with van der Waals surface area (Å²) >= 11 is 5.78. The first kappa shape index (κ1) is 14.8. The lowest BCUT2D eigenvalue weighted by atomic mass is 9.95. The van der Waals surface area contributed by atoms with Gasteiger partial charge >= 0.3 is 0 Å². The highest BCUT2D eigenvalue weighted by Gasteiger charge is 2.17. The molecule has 18 heavy (non-hydrogen) atoms. The van der Waals surface area contributed by atoms with Crippen LogP contribution in [0.2, 0.25) is 5.02 Å². The third-order valence-corrected chi connectivity index (χ3v) is 3.63.